The third-order valence-electron chi connectivity index (χ3n) is 3.09. The molecule has 1 saturated carbocycles. The van der Waals surface area contributed by atoms with Gasteiger partial charge in [0.2, 0.25) is 5.91 Å². The first-order chi connectivity index (χ1) is 9.78. The van der Waals surface area contributed by atoms with Crippen molar-refractivity contribution in [2.75, 3.05) is 6.54 Å². The molecule has 0 heterocycles. The van der Waals surface area contributed by atoms with Crippen LogP contribution in [0.1, 0.15) is 17.9 Å². The summed E-state index contributed by atoms with van der Waals surface area (Å²) in [5, 5.41) is 10.7. The Bertz CT molecular complexity index is 559. The molecule has 0 saturated heterocycles. The quantitative estimate of drug-likeness (QED) is 0.871. The Balaban J connectivity index is 2.04. The minimum atomic E-state index is -4.80. The predicted octanol–water partition coefficient (Wildman–Crippen LogP) is 1.89. The monoisotopic (exact) mass is 303 g/mol. The number of benzene rings is 1. The molecule has 1 amide bonds. The van der Waals surface area contributed by atoms with Crippen molar-refractivity contribution in [3.63, 3.8) is 0 Å². The third kappa shape index (κ3) is 4.11. The number of ether oxygens (including phenoxy) is 1. The highest BCUT2D eigenvalue weighted by atomic mass is 19.4. The van der Waals surface area contributed by atoms with Crippen molar-refractivity contribution in [3.05, 3.63) is 29.8 Å². The number of hydrogen-bond donors (Lipinski definition) is 2. The molecule has 1 aromatic carbocycles. The SMILES string of the molecule is O=C(O)CNC(=O)[C@H]1C[C@H]1c1ccccc1OC(F)(F)F. The molecule has 114 valence electrons. The number of carbonyl (C=O) groups excluding carboxylic acids is 1. The number of aliphatic carboxylic acids is 1. The van der Waals surface area contributed by atoms with E-state index in [4.69, 9.17) is 5.11 Å². The van der Waals surface area contributed by atoms with Gasteiger partial charge in [0.05, 0.1) is 0 Å². The number of carboxylic acid groups (broad SMARTS) is 1. The molecule has 1 aliphatic carbocycles. The van der Waals surface area contributed by atoms with E-state index in [1.54, 1.807) is 6.07 Å². The van der Waals surface area contributed by atoms with Crippen molar-refractivity contribution in [2.24, 2.45) is 5.92 Å². The Hall–Kier alpha value is -2.25. The minimum Gasteiger partial charge on any atom is -0.480 e. The highest BCUT2D eigenvalue weighted by molar-refractivity contribution is 5.86. The van der Waals surface area contributed by atoms with E-state index in [0.717, 1.165) is 0 Å². The largest absolute Gasteiger partial charge is 0.573 e. The molecule has 0 aliphatic heterocycles. The number of para-hydroxylation sites is 1. The van der Waals surface area contributed by atoms with Crippen LogP contribution in [0.5, 0.6) is 5.75 Å². The molecule has 2 N–H and O–H groups in total. The Labute approximate surface area is 117 Å². The van der Waals surface area contributed by atoms with Crippen molar-refractivity contribution in [1.82, 2.24) is 5.32 Å². The van der Waals surface area contributed by atoms with E-state index >= 15 is 0 Å². The number of rotatable bonds is 5. The molecule has 0 bridgehead atoms. The lowest BCUT2D eigenvalue weighted by Gasteiger charge is -2.13. The van der Waals surface area contributed by atoms with Gasteiger partial charge in [0.15, 0.2) is 0 Å². The van der Waals surface area contributed by atoms with Crippen molar-refractivity contribution in [3.8, 4) is 5.75 Å². The lowest BCUT2D eigenvalue weighted by Crippen LogP contribution is -2.30. The summed E-state index contributed by atoms with van der Waals surface area (Å²) in [6.07, 6.45) is -4.43. The number of hydrogen-bond acceptors (Lipinski definition) is 3. The second-order valence-corrected chi connectivity index (χ2v) is 4.65. The van der Waals surface area contributed by atoms with Crippen LogP contribution in [0.2, 0.25) is 0 Å². The molecule has 0 aromatic heterocycles. The van der Waals surface area contributed by atoms with E-state index in [1.165, 1.54) is 18.2 Å². The van der Waals surface area contributed by atoms with Gasteiger partial charge in [-0.3, -0.25) is 9.59 Å². The normalized spacial score (nSPS) is 20.7. The molecular weight excluding hydrogens is 291 g/mol. The molecule has 21 heavy (non-hydrogen) atoms. The van der Waals surface area contributed by atoms with E-state index in [9.17, 15) is 22.8 Å². The van der Waals surface area contributed by atoms with Crippen molar-refractivity contribution in [2.45, 2.75) is 18.7 Å². The number of carboxylic acids is 1. The van der Waals surface area contributed by atoms with E-state index < -0.39 is 36.6 Å². The summed E-state index contributed by atoms with van der Waals surface area (Å²) in [5.74, 6) is -2.91. The summed E-state index contributed by atoms with van der Waals surface area (Å²) in [6, 6.07) is 5.62. The average Bonchev–Trinajstić information content (AvgIpc) is 3.15. The zero-order valence-corrected chi connectivity index (χ0v) is 10.7. The van der Waals surface area contributed by atoms with Gasteiger partial charge in [0, 0.05) is 5.92 Å². The van der Waals surface area contributed by atoms with E-state index in [1.807, 2.05) is 0 Å². The van der Waals surface area contributed by atoms with Crippen molar-refractivity contribution in [1.29, 1.82) is 0 Å². The molecule has 0 unspecified atom stereocenters. The lowest BCUT2D eigenvalue weighted by atomic mass is 10.1. The van der Waals surface area contributed by atoms with Gasteiger partial charge in [0.25, 0.3) is 0 Å². The van der Waals surface area contributed by atoms with Crippen LogP contribution in [0.25, 0.3) is 0 Å². The van der Waals surface area contributed by atoms with Crippen LogP contribution in [0, 0.1) is 5.92 Å². The summed E-state index contributed by atoms with van der Waals surface area (Å²) in [6.45, 7) is -0.511. The first-order valence-corrected chi connectivity index (χ1v) is 6.12. The topological polar surface area (TPSA) is 75.6 Å². The van der Waals surface area contributed by atoms with Gasteiger partial charge < -0.3 is 15.2 Å². The molecule has 1 aliphatic rings. The lowest BCUT2D eigenvalue weighted by molar-refractivity contribution is -0.274. The fourth-order valence-corrected chi connectivity index (χ4v) is 2.13. The van der Waals surface area contributed by atoms with Gasteiger partial charge in [-0.05, 0) is 24.0 Å². The Morgan fingerprint density at radius 1 is 1.33 bits per heavy atom. The zero-order chi connectivity index (χ0) is 15.6. The summed E-state index contributed by atoms with van der Waals surface area (Å²) < 4.78 is 40.8. The van der Waals surface area contributed by atoms with E-state index in [2.05, 4.69) is 10.1 Å². The van der Waals surface area contributed by atoms with Crippen LogP contribution in [0.15, 0.2) is 24.3 Å². The van der Waals surface area contributed by atoms with Gasteiger partial charge in [0.1, 0.15) is 12.3 Å². The van der Waals surface area contributed by atoms with Crippen LogP contribution in [-0.4, -0.2) is 29.9 Å². The van der Waals surface area contributed by atoms with Crippen LogP contribution < -0.4 is 10.1 Å². The maximum Gasteiger partial charge on any atom is 0.573 e. The molecule has 1 aromatic rings. The summed E-state index contributed by atoms with van der Waals surface area (Å²) >= 11 is 0. The van der Waals surface area contributed by atoms with Gasteiger partial charge in [-0.2, -0.15) is 0 Å². The summed E-state index contributed by atoms with van der Waals surface area (Å²) in [7, 11) is 0. The fourth-order valence-electron chi connectivity index (χ4n) is 2.13. The zero-order valence-electron chi connectivity index (χ0n) is 10.7. The first-order valence-electron chi connectivity index (χ1n) is 6.12. The highest BCUT2D eigenvalue weighted by Crippen LogP contribution is 2.50. The molecule has 1 fully saturated rings. The second kappa shape index (κ2) is 5.63. The molecule has 0 spiro atoms. The van der Waals surface area contributed by atoms with Gasteiger partial charge in [-0.15, -0.1) is 13.2 Å². The maximum atomic E-state index is 12.3. The number of halogens is 3. The molecule has 2 atom stereocenters. The highest BCUT2D eigenvalue weighted by Gasteiger charge is 2.46. The van der Waals surface area contributed by atoms with Gasteiger partial charge in [-0.25, -0.2) is 0 Å². The van der Waals surface area contributed by atoms with Crippen LogP contribution in [0.3, 0.4) is 0 Å². The summed E-state index contributed by atoms with van der Waals surface area (Å²) in [4.78, 5) is 22.0. The van der Waals surface area contributed by atoms with E-state index in [-0.39, 0.29) is 5.75 Å². The summed E-state index contributed by atoms with van der Waals surface area (Å²) in [5.41, 5.74) is 0.297. The second-order valence-electron chi connectivity index (χ2n) is 4.65. The number of amides is 1. The number of carbonyl (C=O) groups is 2. The Morgan fingerprint density at radius 3 is 2.62 bits per heavy atom. The number of nitrogens with one attached hydrogen (secondary N) is 1. The van der Waals surface area contributed by atoms with Gasteiger partial charge >= 0.3 is 12.3 Å². The smallest absolute Gasteiger partial charge is 0.480 e. The van der Waals surface area contributed by atoms with Crippen LogP contribution in [-0.2, 0) is 9.59 Å². The van der Waals surface area contributed by atoms with Crippen molar-refractivity contribution >= 4 is 11.9 Å². The molecule has 0 radical (unpaired) electrons. The predicted molar refractivity (Wildman–Crippen MR) is 64.6 cm³/mol. The van der Waals surface area contributed by atoms with Crippen molar-refractivity contribution < 1.29 is 32.6 Å². The van der Waals surface area contributed by atoms with E-state index in [0.29, 0.717) is 12.0 Å². The molecule has 8 heteroatoms. The minimum absolute atomic E-state index is 0.297. The third-order valence-corrected chi connectivity index (χ3v) is 3.09. The standard InChI is InChI=1S/C13H12F3NO4/c14-13(15,16)21-10-4-2-1-3-7(10)8-5-9(8)12(20)17-6-11(18)19/h1-4,8-9H,5-6H2,(H,17,20)(H,18,19)/t8-,9-/m0/s1. The van der Waals surface area contributed by atoms with Crippen LogP contribution in [0.4, 0.5) is 13.2 Å². The average molecular weight is 303 g/mol. The Morgan fingerprint density at radius 2 is 2.00 bits per heavy atom. The Kier molecular flexibility index (Phi) is 4.06. The van der Waals surface area contributed by atoms with Gasteiger partial charge in [-0.1, -0.05) is 18.2 Å². The molecule has 5 nitrogen and oxygen atoms in total. The molecular formula is C13H12F3NO4. The van der Waals surface area contributed by atoms with Crippen LogP contribution >= 0.6 is 0 Å². The first kappa shape index (κ1) is 15.1. The fraction of sp³-hybridized carbons (Fsp3) is 0.385. The number of alkyl halides is 3. The maximum absolute atomic E-state index is 12.3. The molecule has 2 rings (SSSR count).